The Labute approximate surface area is 104 Å². The molecule has 0 spiro atoms. The molecule has 16 heavy (non-hydrogen) atoms. The van der Waals surface area contributed by atoms with Gasteiger partial charge in [0, 0.05) is 10.5 Å². The number of esters is 1. The largest absolute Gasteiger partial charge is 0.469 e. The van der Waals surface area contributed by atoms with Crippen molar-refractivity contribution in [3.05, 3.63) is 0 Å². The van der Waals surface area contributed by atoms with Gasteiger partial charge in [-0.1, -0.05) is 40.0 Å². The van der Waals surface area contributed by atoms with Gasteiger partial charge in [-0.15, -0.1) is 0 Å². The summed E-state index contributed by atoms with van der Waals surface area (Å²) < 4.78 is 5.23. The van der Waals surface area contributed by atoms with Gasteiger partial charge in [0.2, 0.25) is 0 Å². The summed E-state index contributed by atoms with van der Waals surface area (Å²) in [4.78, 5) is 12.0. The summed E-state index contributed by atoms with van der Waals surface area (Å²) in [5, 5.41) is 0. The van der Waals surface area contributed by atoms with Gasteiger partial charge in [0.15, 0.2) is 0 Å². The Bertz CT molecular complexity index is 237. The van der Waals surface area contributed by atoms with Gasteiger partial charge in [-0.05, 0) is 12.8 Å². The molecule has 0 aromatic carbocycles. The number of carbonyl (C=O) groups excluding carboxylic acids is 1. The van der Waals surface area contributed by atoms with Gasteiger partial charge in [0.1, 0.15) is 0 Å². The Morgan fingerprint density at radius 2 is 1.81 bits per heavy atom. The topological polar surface area (TPSA) is 26.3 Å². The van der Waals surface area contributed by atoms with E-state index in [0.717, 1.165) is 18.6 Å². The predicted octanol–water partition coefficient (Wildman–Crippen LogP) is 3.64. The zero-order chi connectivity index (χ0) is 12.2. The Morgan fingerprint density at radius 1 is 1.25 bits per heavy atom. The van der Waals surface area contributed by atoms with Crippen molar-refractivity contribution < 1.29 is 9.53 Å². The van der Waals surface area contributed by atoms with Crippen molar-refractivity contribution in [1.82, 2.24) is 0 Å². The van der Waals surface area contributed by atoms with Crippen LogP contribution in [0.5, 0.6) is 0 Å². The first kappa shape index (κ1) is 13.9. The van der Waals surface area contributed by atoms with Crippen LogP contribution in [0.15, 0.2) is 0 Å². The maximum Gasteiger partial charge on any atom is 0.312 e. The summed E-state index contributed by atoms with van der Waals surface area (Å²) in [7, 11) is 1.51. The predicted molar refractivity (Wildman–Crippen MR) is 69.7 cm³/mol. The van der Waals surface area contributed by atoms with E-state index in [2.05, 4.69) is 20.8 Å². The number of hydrogen-bond acceptors (Lipinski definition) is 3. The van der Waals surface area contributed by atoms with Crippen LogP contribution in [0.3, 0.4) is 0 Å². The average molecular weight is 244 g/mol. The van der Waals surface area contributed by atoms with Crippen molar-refractivity contribution in [1.29, 1.82) is 0 Å². The van der Waals surface area contributed by atoms with Crippen LogP contribution in [-0.2, 0) is 9.53 Å². The minimum absolute atomic E-state index is 0.00366. The molecule has 94 valence electrons. The van der Waals surface area contributed by atoms with Crippen LogP contribution in [0.4, 0.5) is 0 Å². The maximum absolute atomic E-state index is 12.0. The molecule has 1 rings (SSSR count). The lowest BCUT2D eigenvalue weighted by Gasteiger charge is -2.36. The van der Waals surface area contributed by atoms with Gasteiger partial charge >= 0.3 is 5.97 Å². The molecule has 0 amide bonds. The first-order valence-electron chi connectivity index (χ1n) is 6.12. The third kappa shape index (κ3) is 3.69. The van der Waals surface area contributed by atoms with Crippen molar-refractivity contribution in [3.63, 3.8) is 0 Å². The highest BCUT2D eigenvalue weighted by Crippen LogP contribution is 2.42. The van der Waals surface area contributed by atoms with Gasteiger partial charge in [-0.3, -0.25) is 4.79 Å². The summed E-state index contributed by atoms with van der Waals surface area (Å²) in [5.74, 6) is 0.910. The van der Waals surface area contributed by atoms with Crippen LogP contribution in [0, 0.1) is 5.41 Å². The van der Waals surface area contributed by atoms with E-state index in [1.54, 1.807) is 0 Å². The van der Waals surface area contributed by atoms with Crippen molar-refractivity contribution in [2.24, 2.45) is 5.41 Å². The second kappa shape index (κ2) is 5.44. The molecule has 0 aliphatic heterocycles. The van der Waals surface area contributed by atoms with Gasteiger partial charge in [0.25, 0.3) is 0 Å². The fourth-order valence-electron chi connectivity index (χ4n) is 2.21. The first-order valence-corrected chi connectivity index (χ1v) is 7.11. The van der Waals surface area contributed by atoms with Crippen molar-refractivity contribution in [3.8, 4) is 0 Å². The van der Waals surface area contributed by atoms with E-state index in [-0.39, 0.29) is 16.1 Å². The fraction of sp³-hybridized carbons (Fsp3) is 0.923. The smallest absolute Gasteiger partial charge is 0.312 e. The van der Waals surface area contributed by atoms with E-state index in [9.17, 15) is 4.79 Å². The molecule has 2 nitrogen and oxygen atoms in total. The van der Waals surface area contributed by atoms with E-state index < -0.39 is 0 Å². The lowest BCUT2D eigenvalue weighted by molar-refractivity contribution is -0.153. The van der Waals surface area contributed by atoms with E-state index in [0.29, 0.717) is 0 Å². The normalized spacial score (nSPS) is 20.5. The molecule has 3 heteroatoms. The number of thioether (sulfide) groups is 1. The summed E-state index contributed by atoms with van der Waals surface area (Å²) in [6, 6.07) is 0. The van der Waals surface area contributed by atoms with E-state index in [4.69, 9.17) is 4.74 Å². The Morgan fingerprint density at radius 3 is 2.25 bits per heavy atom. The Hall–Kier alpha value is -0.180. The minimum atomic E-state index is -0.203. The van der Waals surface area contributed by atoms with Crippen LogP contribution in [0.2, 0.25) is 0 Å². The summed E-state index contributed by atoms with van der Waals surface area (Å²) >= 11 is 1.88. The van der Waals surface area contributed by atoms with Crippen molar-refractivity contribution >= 4 is 17.7 Å². The summed E-state index contributed by atoms with van der Waals surface area (Å²) in [5.41, 5.74) is -0.203. The second-order valence-electron chi connectivity index (χ2n) is 5.73. The lowest BCUT2D eigenvalue weighted by Crippen LogP contribution is -2.38. The molecule has 0 aromatic rings. The van der Waals surface area contributed by atoms with E-state index in [1.165, 1.54) is 26.4 Å². The van der Waals surface area contributed by atoms with E-state index in [1.807, 2.05) is 11.8 Å². The van der Waals surface area contributed by atoms with Gasteiger partial charge in [-0.25, -0.2) is 0 Å². The Balaban J connectivity index is 2.67. The summed E-state index contributed by atoms with van der Waals surface area (Å²) in [6.45, 7) is 6.60. The molecule has 0 saturated heterocycles. The molecule has 1 aliphatic carbocycles. The zero-order valence-electron chi connectivity index (χ0n) is 11.0. The SMILES string of the molecule is COC(=O)C1(CSC(C)(C)C)CCCCC1. The number of rotatable bonds is 3. The zero-order valence-corrected chi connectivity index (χ0v) is 11.8. The second-order valence-corrected chi connectivity index (χ2v) is 7.54. The summed E-state index contributed by atoms with van der Waals surface area (Å²) in [6.07, 6.45) is 5.60. The van der Waals surface area contributed by atoms with Crippen LogP contribution in [-0.4, -0.2) is 23.6 Å². The van der Waals surface area contributed by atoms with Crippen LogP contribution in [0.1, 0.15) is 52.9 Å². The molecule has 0 aromatic heterocycles. The molecule has 1 aliphatic rings. The number of methoxy groups -OCH3 is 1. The molecule has 0 bridgehead atoms. The number of ether oxygens (including phenoxy) is 1. The van der Waals surface area contributed by atoms with Crippen LogP contribution < -0.4 is 0 Å². The highest BCUT2D eigenvalue weighted by Gasteiger charge is 2.41. The molecule has 1 fully saturated rings. The average Bonchev–Trinajstić information content (AvgIpc) is 2.25. The third-order valence-corrected chi connectivity index (χ3v) is 4.77. The maximum atomic E-state index is 12.0. The van der Waals surface area contributed by atoms with Crippen LogP contribution in [0.25, 0.3) is 0 Å². The van der Waals surface area contributed by atoms with Gasteiger partial charge in [-0.2, -0.15) is 11.8 Å². The third-order valence-electron chi connectivity index (χ3n) is 3.21. The quantitative estimate of drug-likeness (QED) is 0.709. The number of hydrogen-bond donors (Lipinski definition) is 0. The molecule has 0 unspecified atom stereocenters. The monoisotopic (exact) mass is 244 g/mol. The molecule has 0 heterocycles. The highest BCUT2D eigenvalue weighted by molar-refractivity contribution is 8.00. The van der Waals surface area contributed by atoms with Crippen LogP contribution >= 0.6 is 11.8 Å². The highest BCUT2D eigenvalue weighted by atomic mass is 32.2. The minimum Gasteiger partial charge on any atom is -0.469 e. The fourth-order valence-corrected chi connectivity index (χ4v) is 3.32. The first-order chi connectivity index (χ1) is 7.40. The molecule has 0 radical (unpaired) electrons. The molecule has 0 atom stereocenters. The standard InChI is InChI=1S/C13H24O2S/c1-12(2,3)16-10-13(11(14)15-4)8-6-5-7-9-13/h5-10H2,1-4H3. The van der Waals surface area contributed by atoms with Crippen molar-refractivity contribution in [2.75, 3.05) is 12.9 Å². The molecule has 1 saturated carbocycles. The molecule has 0 N–H and O–H groups in total. The molecular weight excluding hydrogens is 220 g/mol. The van der Waals surface area contributed by atoms with Crippen molar-refractivity contribution in [2.45, 2.75) is 57.6 Å². The molecular formula is C13H24O2S. The van der Waals surface area contributed by atoms with Gasteiger partial charge in [0.05, 0.1) is 12.5 Å². The number of carbonyl (C=O) groups is 1. The van der Waals surface area contributed by atoms with E-state index >= 15 is 0 Å². The van der Waals surface area contributed by atoms with Gasteiger partial charge < -0.3 is 4.74 Å². The lowest BCUT2D eigenvalue weighted by atomic mass is 9.75. The Kier molecular flexibility index (Phi) is 4.72.